The average Bonchev–Trinajstić information content (AvgIpc) is 3.13. The van der Waals surface area contributed by atoms with E-state index in [0.29, 0.717) is 18.4 Å². The van der Waals surface area contributed by atoms with Crippen LogP contribution in [0.4, 0.5) is 10.5 Å². The van der Waals surface area contributed by atoms with Gasteiger partial charge in [-0.15, -0.1) is 0 Å². The van der Waals surface area contributed by atoms with E-state index >= 15 is 0 Å². The van der Waals surface area contributed by atoms with Crippen molar-refractivity contribution in [3.05, 3.63) is 58.6 Å². The molecule has 1 saturated heterocycles. The first kappa shape index (κ1) is 18.9. The molecule has 5 rings (SSSR count). The fourth-order valence-corrected chi connectivity index (χ4v) is 5.58. The molecule has 0 unspecified atom stereocenters. The summed E-state index contributed by atoms with van der Waals surface area (Å²) in [7, 11) is -3.75. The molecular formula is C20H19N3O6S. The molecule has 30 heavy (non-hydrogen) atoms. The summed E-state index contributed by atoms with van der Waals surface area (Å²) in [5, 5.41) is 0. The van der Waals surface area contributed by atoms with Gasteiger partial charge in [0.15, 0.2) is 5.58 Å². The highest BCUT2D eigenvalue weighted by atomic mass is 32.2. The van der Waals surface area contributed by atoms with Crippen LogP contribution in [0.1, 0.15) is 18.4 Å². The van der Waals surface area contributed by atoms with Gasteiger partial charge in [-0.25, -0.2) is 18.0 Å². The third kappa shape index (κ3) is 3.08. The number of nitrogens with one attached hydrogen (secondary N) is 1. The number of aromatic nitrogens is 1. The summed E-state index contributed by atoms with van der Waals surface area (Å²) >= 11 is 0. The first-order chi connectivity index (χ1) is 14.4. The van der Waals surface area contributed by atoms with Gasteiger partial charge in [0.1, 0.15) is 6.61 Å². The zero-order valence-electron chi connectivity index (χ0n) is 15.9. The summed E-state index contributed by atoms with van der Waals surface area (Å²) in [6.45, 7) is 0.790. The van der Waals surface area contributed by atoms with E-state index in [4.69, 9.17) is 9.15 Å². The minimum Gasteiger partial charge on any atom is -0.444 e. The summed E-state index contributed by atoms with van der Waals surface area (Å²) in [5.74, 6) is -0.630. The topological polar surface area (TPSA) is 113 Å². The summed E-state index contributed by atoms with van der Waals surface area (Å²) in [5.41, 5.74) is 2.40. The van der Waals surface area contributed by atoms with Crippen molar-refractivity contribution in [2.45, 2.75) is 30.4 Å². The number of amides is 1. The molecule has 156 valence electrons. The van der Waals surface area contributed by atoms with Crippen LogP contribution in [-0.2, 0) is 21.4 Å². The number of carbonyl (C=O) groups is 1. The Hall–Kier alpha value is -3.11. The average molecular weight is 429 g/mol. The van der Waals surface area contributed by atoms with Gasteiger partial charge >= 0.3 is 11.8 Å². The van der Waals surface area contributed by atoms with Crippen LogP contribution in [-0.4, -0.2) is 42.9 Å². The van der Waals surface area contributed by atoms with Crippen LogP contribution in [0.2, 0.25) is 0 Å². The SMILES string of the molecule is O=C1OCc2ccccc2N1C1CCN(S(=O)(=O)c2ccc3[nH]c(=O)oc3c2)CC1. The zero-order chi connectivity index (χ0) is 20.9. The lowest BCUT2D eigenvalue weighted by molar-refractivity contribution is 0.136. The van der Waals surface area contributed by atoms with Gasteiger partial charge in [0.05, 0.1) is 16.1 Å². The molecule has 2 aromatic carbocycles. The van der Waals surface area contributed by atoms with Crippen LogP contribution in [0.3, 0.4) is 0 Å². The first-order valence-electron chi connectivity index (χ1n) is 9.60. The minimum atomic E-state index is -3.75. The van der Waals surface area contributed by atoms with Crippen molar-refractivity contribution in [1.82, 2.24) is 9.29 Å². The predicted octanol–water partition coefficient (Wildman–Crippen LogP) is 2.43. The number of para-hydroxylation sites is 1. The number of hydrogen-bond acceptors (Lipinski definition) is 6. The second-order valence-electron chi connectivity index (χ2n) is 7.36. The number of aromatic amines is 1. The normalized spacial score (nSPS) is 18.4. The van der Waals surface area contributed by atoms with E-state index in [0.717, 1.165) is 11.3 Å². The van der Waals surface area contributed by atoms with Crippen molar-refractivity contribution in [3.8, 4) is 0 Å². The lowest BCUT2D eigenvalue weighted by atomic mass is 10.0. The van der Waals surface area contributed by atoms with E-state index in [2.05, 4.69) is 4.98 Å². The van der Waals surface area contributed by atoms with E-state index in [-0.39, 0.29) is 36.2 Å². The predicted molar refractivity (Wildman–Crippen MR) is 108 cm³/mol. The van der Waals surface area contributed by atoms with Crippen molar-refractivity contribution < 1.29 is 22.4 Å². The highest BCUT2D eigenvalue weighted by Crippen LogP contribution is 2.33. The van der Waals surface area contributed by atoms with Gasteiger partial charge in [-0.2, -0.15) is 4.31 Å². The van der Waals surface area contributed by atoms with Crippen LogP contribution in [0.25, 0.3) is 11.1 Å². The fourth-order valence-electron chi connectivity index (χ4n) is 4.10. The van der Waals surface area contributed by atoms with E-state index in [1.807, 2.05) is 24.3 Å². The molecule has 0 spiro atoms. The number of nitrogens with zero attached hydrogens (tertiary/aromatic N) is 2. The molecule has 0 bridgehead atoms. The Balaban J connectivity index is 1.36. The number of piperidine rings is 1. The summed E-state index contributed by atoms with van der Waals surface area (Å²) in [4.78, 5) is 27.9. The number of sulfonamides is 1. The number of anilines is 1. The Morgan fingerprint density at radius 2 is 1.80 bits per heavy atom. The van der Waals surface area contributed by atoms with Crippen LogP contribution in [0.15, 0.2) is 56.6 Å². The quantitative estimate of drug-likeness (QED) is 0.684. The number of fused-ring (bicyclic) bond motifs is 2. The maximum absolute atomic E-state index is 13.1. The summed E-state index contributed by atoms with van der Waals surface area (Å²) < 4.78 is 37.8. The standard InChI is InChI=1S/C20H19N3O6S/c24-19-21-16-6-5-15(11-18(16)29-19)30(26,27)22-9-7-14(8-10-22)23-17-4-2-1-3-13(17)12-28-20(23)25/h1-6,11,14H,7-10,12H2,(H,21,24). The van der Waals surface area contributed by atoms with Crippen molar-refractivity contribution in [1.29, 1.82) is 0 Å². The largest absolute Gasteiger partial charge is 0.444 e. The highest BCUT2D eigenvalue weighted by Gasteiger charge is 2.37. The first-order valence-corrected chi connectivity index (χ1v) is 11.0. The molecule has 3 heterocycles. The molecule has 1 N–H and O–H groups in total. The van der Waals surface area contributed by atoms with Crippen LogP contribution in [0.5, 0.6) is 0 Å². The molecule has 0 aliphatic carbocycles. The third-order valence-electron chi connectivity index (χ3n) is 5.62. The molecule has 2 aliphatic heterocycles. The molecular weight excluding hydrogens is 410 g/mol. The Kier molecular flexibility index (Phi) is 4.40. The van der Waals surface area contributed by atoms with E-state index in [1.54, 1.807) is 4.90 Å². The molecule has 0 saturated carbocycles. The van der Waals surface area contributed by atoms with Crippen LogP contribution >= 0.6 is 0 Å². The number of oxazole rings is 1. The van der Waals surface area contributed by atoms with Crippen molar-refractivity contribution >= 4 is 32.9 Å². The van der Waals surface area contributed by atoms with E-state index in [9.17, 15) is 18.0 Å². The number of benzene rings is 2. The van der Waals surface area contributed by atoms with Gasteiger partial charge in [0.25, 0.3) is 0 Å². The lowest BCUT2D eigenvalue weighted by Crippen LogP contribution is -2.50. The monoisotopic (exact) mass is 429 g/mol. The van der Waals surface area contributed by atoms with Gasteiger partial charge in [0.2, 0.25) is 10.0 Å². The van der Waals surface area contributed by atoms with E-state index in [1.165, 1.54) is 22.5 Å². The Bertz CT molecular complexity index is 1290. The van der Waals surface area contributed by atoms with Crippen molar-refractivity contribution in [2.24, 2.45) is 0 Å². The van der Waals surface area contributed by atoms with E-state index < -0.39 is 21.9 Å². The second kappa shape index (κ2) is 6.99. The molecule has 1 aromatic heterocycles. The lowest BCUT2D eigenvalue weighted by Gasteiger charge is -2.39. The molecule has 9 nitrogen and oxygen atoms in total. The van der Waals surface area contributed by atoms with Gasteiger partial charge in [-0.05, 0) is 31.0 Å². The molecule has 1 fully saturated rings. The molecule has 1 amide bonds. The Morgan fingerprint density at radius 3 is 2.60 bits per heavy atom. The van der Waals surface area contributed by atoms with Gasteiger partial charge in [-0.1, -0.05) is 18.2 Å². The van der Waals surface area contributed by atoms with Gasteiger partial charge in [-0.3, -0.25) is 9.88 Å². The maximum Gasteiger partial charge on any atom is 0.417 e. The summed E-state index contributed by atoms with van der Waals surface area (Å²) in [6.07, 6.45) is 0.580. The van der Waals surface area contributed by atoms with Crippen molar-refractivity contribution in [2.75, 3.05) is 18.0 Å². The minimum absolute atomic E-state index is 0.0685. The maximum atomic E-state index is 13.1. The highest BCUT2D eigenvalue weighted by molar-refractivity contribution is 7.89. The number of hydrogen-bond donors (Lipinski definition) is 1. The molecule has 0 atom stereocenters. The fraction of sp³-hybridized carbons (Fsp3) is 0.300. The third-order valence-corrected chi connectivity index (χ3v) is 7.51. The van der Waals surface area contributed by atoms with Gasteiger partial charge < -0.3 is 9.15 Å². The Labute approximate surface area is 171 Å². The smallest absolute Gasteiger partial charge is 0.417 e. The van der Waals surface area contributed by atoms with Crippen LogP contribution < -0.4 is 10.7 Å². The molecule has 3 aromatic rings. The summed E-state index contributed by atoms with van der Waals surface area (Å²) in [6, 6.07) is 11.8. The molecule has 0 radical (unpaired) electrons. The second-order valence-corrected chi connectivity index (χ2v) is 9.30. The number of ether oxygens (including phenoxy) is 1. The Morgan fingerprint density at radius 1 is 1.03 bits per heavy atom. The number of carbonyl (C=O) groups excluding carboxylic acids is 1. The van der Waals surface area contributed by atoms with Crippen LogP contribution in [0, 0.1) is 0 Å². The number of H-pyrrole nitrogens is 1. The zero-order valence-corrected chi connectivity index (χ0v) is 16.7. The van der Waals surface area contributed by atoms with Gasteiger partial charge in [0, 0.05) is 30.8 Å². The molecule has 2 aliphatic rings. The number of cyclic esters (lactones) is 1. The number of rotatable bonds is 3. The van der Waals surface area contributed by atoms with Crippen molar-refractivity contribution in [3.63, 3.8) is 0 Å². The molecule has 10 heteroatoms.